The van der Waals surface area contributed by atoms with Crippen LogP contribution in [0.2, 0.25) is 0 Å². The molecule has 0 saturated heterocycles. The summed E-state index contributed by atoms with van der Waals surface area (Å²) >= 11 is 0. The van der Waals surface area contributed by atoms with Crippen molar-refractivity contribution in [1.82, 2.24) is 5.48 Å². The van der Waals surface area contributed by atoms with E-state index in [9.17, 15) is 0 Å². The first-order valence-electron chi connectivity index (χ1n) is 6.12. The van der Waals surface area contributed by atoms with Gasteiger partial charge in [0.05, 0.1) is 7.11 Å². The quantitative estimate of drug-likeness (QED) is 0.807. The average Bonchev–Trinajstić information content (AvgIpc) is 2.49. The summed E-state index contributed by atoms with van der Waals surface area (Å²) in [5.41, 5.74) is 5.37. The van der Waals surface area contributed by atoms with Crippen LogP contribution in [0.15, 0.2) is 60.7 Å². The number of nitrogens with one attached hydrogen (secondary N) is 1. The smallest absolute Gasteiger partial charge is 0.119 e. The summed E-state index contributed by atoms with van der Waals surface area (Å²) in [4.78, 5) is 0. The summed E-state index contributed by atoms with van der Waals surface area (Å²) in [6, 6.07) is 17.9. The van der Waals surface area contributed by atoms with E-state index in [4.69, 9.17) is 9.94 Å². The molecule has 2 aromatic rings. The zero-order chi connectivity index (χ0) is 13.5. The fourth-order valence-electron chi connectivity index (χ4n) is 1.96. The molecule has 0 radical (unpaired) electrons. The summed E-state index contributed by atoms with van der Waals surface area (Å²) in [5.74, 6) is 0.816. The Morgan fingerprint density at radius 1 is 1.11 bits per heavy atom. The number of hydrogen-bond donors (Lipinski definition) is 2. The SMILES string of the molecule is COc1cccc(/C(=C/CNO)c2ccccc2)c1. The van der Waals surface area contributed by atoms with Crippen LogP contribution in [0.25, 0.3) is 5.57 Å². The summed E-state index contributed by atoms with van der Waals surface area (Å²) in [7, 11) is 1.65. The second-order valence-corrected chi connectivity index (χ2v) is 4.08. The number of methoxy groups -OCH3 is 1. The van der Waals surface area contributed by atoms with E-state index in [1.165, 1.54) is 0 Å². The summed E-state index contributed by atoms with van der Waals surface area (Å²) in [6.07, 6.45) is 1.95. The molecule has 0 fully saturated rings. The molecule has 0 aliphatic heterocycles. The van der Waals surface area contributed by atoms with Gasteiger partial charge in [0.25, 0.3) is 0 Å². The Balaban J connectivity index is 2.43. The standard InChI is InChI=1S/C16H17NO2/c1-19-15-9-5-8-14(12-15)16(10-11-17-18)13-6-3-2-4-7-13/h2-10,12,17-18H,11H2,1H3/b16-10+. The number of hydroxylamine groups is 1. The van der Waals surface area contributed by atoms with Gasteiger partial charge in [0, 0.05) is 6.54 Å². The minimum absolute atomic E-state index is 0.390. The van der Waals surface area contributed by atoms with Crippen molar-refractivity contribution in [2.45, 2.75) is 0 Å². The van der Waals surface area contributed by atoms with Crippen molar-refractivity contribution in [1.29, 1.82) is 0 Å². The van der Waals surface area contributed by atoms with Crippen LogP contribution in [0, 0.1) is 0 Å². The lowest BCUT2D eigenvalue weighted by atomic mass is 9.97. The van der Waals surface area contributed by atoms with Crippen molar-refractivity contribution in [2.24, 2.45) is 0 Å². The minimum Gasteiger partial charge on any atom is -0.497 e. The molecule has 2 rings (SSSR count). The van der Waals surface area contributed by atoms with Gasteiger partial charge in [0.1, 0.15) is 5.75 Å². The minimum atomic E-state index is 0.390. The van der Waals surface area contributed by atoms with E-state index >= 15 is 0 Å². The van der Waals surface area contributed by atoms with Crippen molar-refractivity contribution in [3.05, 3.63) is 71.8 Å². The van der Waals surface area contributed by atoms with Gasteiger partial charge in [-0.05, 0) is 28.8 Å². The van der Waals surface area contributed by atoms with Crippen molar-refractivity contribution in [2.75, 3.05) is 13.7 Å². The van der Waals surface area contributed by atoms with Crippen LogP contribution in [0.4, 0.5) is 0 Å². The zero-order valence-electron chi connectivity index (χ0n) is 10.8. The van der Waals surface area contributed by atoms with E-state index < -0.39 is 0 Å². The Labute approximate surface area is 113 Å². The lowest BCUT2D eigenvalue weighted by Gasteiger charge is -2.10. The van der Waals surface area contributed by atoms with Crippen molar-refractivity contribution < 1.29 is 9.94 Å². The van der Waals surface area contributed by atoms with E-state index in [0.717, 1.165) is 22.4 Å². The maximum Gasteiger partial charge on any atom is 0.119 e. The van der Waals surface area contributed by atoms with Gasteiger partial charge in [-0.1, -0.05) is 48.5 Å². The third kappa shape index (κ3) is 3.44. The molecule has 0 amide bonds. The molecule has 3 heteroatoms. The third-order valence-electron chi connectivity index (χ3n) is 2.86. The van der Waals surface area contributed by atoms with Crippen molar-refractivity contribution >= 4 is 5.57 Å². The molecule has 19 heavy (non-hydrogen) atoms. The normalized spacial score (nSPS) is 11.4. The molecular formula is C16H17NO2. The lowest BCUT2D eigenvalue weighted by molar-refractivity contribution is 0.180. The molecule has 0 bridgehead atoms. The first-order chi connectivity index (χ1) is 9.35. The molecule has 0 aliphatic rings. The Kier molecular flexibility index (Phi) is 4.72. The van der Waals surface area contributed by atoms with Gasteiger partial charge in [-0.3, -0.25) is 0 Å². The molecule has 0 unspecified atom stereocenters. The third-order valence-corrected chi connectivity index (χ3v) is 2.86. The lowest BCUT2D eigenvalue weighted by Crippen LogP contribution is -2.06. The van der Waals surface area contributed by atoms with Gasteiger partial charge in [0.2, 0.25) is 0 Å². The van der Waals surface area contributed by atoms with Crippen LogP contribution >= 0.6 is 0 Å². The Morgan fingerprint density at radius 2 is 1.84 bits per heavy atom. The molecule has 0 atom stereocenters. The molecule has 0 aliphatic carbocycles. The van der Waals surface area contributed by atoms with E-state index in [-0.39, 0.29) is 0 Å². The number of hydrogen-bond acceptors (Lipinski definition) is 3. The van der Waals surface area contributed by atoms with Crippen LogP contribution in [0.3, 0.4) is 0 Å². The first kappa shape index (κ1) is 13.3. The van der Waals surface area contributed by atoms with Crippen molar-refractivity contribution in [3.63, 3.8) is 0 Å². The number of rotatable bonds is 5. The predicted octanol–water partition coefficient (Wildman–Crippen LogP) is 3.11. The fraction of sp³-hybridized carbons (Fsp3) is 0.125. The maximum atomic E-state index is 8.79. The molecule has 0 saturated carbocycles. The molecule has 2 N–H and O–H groups in total. The Morgan fingerprint density at radius 3 is 2.53 bits per heavy atom. The monoisotopic (exact) mass is 255 g/mol. The zero-order valence-corrected chi connectivity index (χ0v) is 10.8. The van der Waals surface area contributed by atoms with Gasteiger partial charge in [0.15, 0.2) is 0 Å². The highest BCUT2D eigenvalue weighted by molar-refractivity contribution is 5.80. The van der Waals surface area contributed by atoms with E-state index in [1.807, 2.05) is 60.7 Å². The highest BCUT2D eigenvalue weighted by atomic mass is 16.5. The van der Waals surface area contributed by atoms with Gasteiger partial charge in [-0.2, -0.15) is 0 Å². The van der Waals surface area contributed by atoms with Crippen LogP contribution in [-0.4, -0.2) is 18.9 Å². The van der Waals surface area contributed by atoms with E-state index in [2.05, 4.69) is 5.48 Å². The van der Waals surface area contributed by atoms with Crippen molar-refractivity contribution in [3.8, 4) is 5.75 Å². The fourth-order valence-corrected chi connectivity index (χ4v) is 1.96. The Bertz CT molecular complexity index is 550. The largest absolute Gasteiger partial charge is 0.497 e. The second kappa shape index (κ2) is 6.73. The highest BCUT2D eigenvalue weighted by Gasteiger charge is 2.05. The van der Waals surface area contributed by atoms with E-state index in [1.54, 1.807) is 7.11 Å². The van der Waals surface area contributed by atoms with Crippen LogP contribution in [-0.2, 0) is 0 Å². The molecule has 0 aromatic heterocycles. The van der Waals surface area contributed by atoms with E-state index in [0.29, 0.717) is 6.54 Å². The average molecular weight is 255 g/mol. The van der Waals surface area contributed by atoms with Crippen LogP contribution in [0.1, 0.15) is 11.1 Å². The molecule has 3 nitrogen and oxygen atoms in total. The maximum absolute atomic E-state index is 8.79. The summed E-state index contributed by atoms with van der Waals surface area (Å²) < 4.78 is 5.25. The van der Waals surface area contributed by atoms with Gasteiger partial charge in [-0.25, -0.2) is 5.48 Å². The van der Waals surface area contributed by atoms with Crippen LogP contribution in [0.5, 0.6) is 5.75 Å². The Hall–Kier alpha value is -2.10. The number of benzene rings is 2. The number of ether oxygens (including phenoxy) is 1. The van der Waals surface area contributed by atoms with Crippen LogP contribution < -0.4 is 10.2 Å². The first-order valence-corrected chi connectivity index (χ1v) is 6.12. The van der Waals surface area contributed by atoms with Gasteiger partial charge in [-0.15, -0.1) is 0 Å². The predicted molar refractivity (Wildman–Crippen MR) is 76.3 cm³/mol. The highest BCUT2D eigenvalue weighted by Crippen LogP contribution is 2.25. The molecule has 0 heterocycles. The topological polar surface area (TPSA) is 41.5 Å². The molecule has 98 valence electrons. The molecule has 2 aromatic carbocycles. The van der Waals surface area contributed by atoms with Gasteiger partial charge < -0.3 is 9.94 Å². The second-order valence-electron chi connectivity index (χ2n) is 4.08. The summed E-state index contributed by atoms with van der Waals surface area (Å²) in [5, 5.41) is 8.79. The molecular weight excluding hydrogens is 238 g/mol. The van der Waals surface area contributed by atoms with Gasteiger partial charge >= 0.3 is 0 Å². The summed E-state index contributed by atoms with van der Waals surface area (Å²) in [6.45, 7) is 0.390. The molecule has 0 spiro atoms.